The van der Waals surface area contributed by atoms with Crippen LogP contribution in [0.25, 0.3) is 0 Å². The molecule has 3 aromatic carbocycles. The summed E-state index contributed by atoms with van der Waals surface area (Å²) in [4.78, 5) is 134. The van der Waals surface area contributed by atoms with Crippen LogP contribution in [-0.4, -0.2) is 160 Å². The SMILES string of the molecule is C=C(N[C@H](C(=O)N1C[C@@H](NC(=O)c2cccc(C(=O)N[C@H]3C[C@@H](C(=O)N[C@@H]4CCCc5ccccc54)N(C(=O)[C@@H](NC(=O)[C@H](C)N(C)C(=O)OC(C)(C)C)C(C)(C)C)C3)c2)C[C@H]1C(=O)N[C@@H]1CCCc2ccccc21)C(C)(C)C)[C@H](C)N(C)C(=O)OC(C)(C)C. The van der Waals surface area contributed by atoms with Gasteiger partial charge in [0.15, 0.2) is 0 Å². The second-order valence-corrected chi connectivity index (χ2v) is 29.0. The van der Waals surface area contributed by atoms with Gasteiger partial charge in [0.1, 0.15) is 41.4 Å². The summed E-state index contributed by atoms with van der Waals surface area (Å²) in [6, 6.07) is 14.1. The number of likely N-dealkylation sites (N-methyl/N-ethyl adjacent to an activating group) is 2. The first-order valence-corrected chi connectivity index (χ1v) is 31.7. The number of benzene rings is 3. The first-order valence-electron chi connectivity index (χ1n) is 31.7. The van der Waals surface area contributed by atoms with E-state index in [1.165, 1.54) is 34.7 Å². The van der Waals surface area contributed by atoms with E-state index in [-0.39, 0.29) is 55.0 Å². The lowest BCUT2D eigenvalue weighted by Gasteiger charge is -2.38. The van der Waals surface area contributed by atoms with Crippen LogP contribution in [0, 0.1) is 10.8 Å². The molecule has 2 fully saturated rings. The zero-order valence-electron chi connectivity index (χ0n) is 55.8. The van der Waals surface area contributed by atoms with Crippen molar-refractivity contribution in [1.82, 2.24) is 51.5 Å². The van der Waals surface area contributed by atoms with E-state index in [4.69, 9.17) is 9.47 Å². The van der Waals surface area contributed by atoms with Crippen molar-refractivity contribution in [3.05, 3.63) is 118 Å². The molecule has 9 amide bonds. The van der Waals surface area contributed by atoms with Gasteiger partial charge in [0.25, 0.3) is 11.8 Å². The van der Waals surface area contributed by atoms with Crippen molar-refractivity contribution in [1.29, 1.82) is 0 Å². The number of ether oxygens (including phenoxy) is 2. The topological polar surface area (TPSA) is 257 Å². The van der Waals surface area contributed by atoms with Crippen molar-refractivity contribution in [2.24, 2.45) is 10.8 Å². The van der Waals surface area contributed by atoms with Gasteiger partial charge in [0.05, 0.1) is 18.1 Å². The number of rotatable bonds is 17. The highest BCUT2D eigenvalue weighted by atomic mass is 16.6. The lowest BCUT2D eigenvalue weighted by atomic mass is 9.85. The highest BCUT2D eigenvalue weighted by Gasteiger charge is 2.48. The molecule has 90 heavy (non-hydrogen) atoms. The summed E-state index contributed by atoms with van der Waals surface area (Å²) in [5.74, 6) is -3.49. The molecule has 2 heterocycles. The van der Waals surface area contributed by atoms with Gasteiger partial charge >= 0.3 is 12.2 Å². The van der Waals surface area contributed by atoms with E-state index in [1.54, 1.807) is 94.5 Å². The number of hydrogen-bond acceptors (Lipinski definition) is 12. The van der Waals surface area contributed by atoms with Crippen LogP contribution in [0.5, 0.6) is 0 Å². The van der Waals surface area contributed by atoms with E-state index >= 15 is 9.59 Å². The summed E-state index contributed by atoms with van der Waals surface area (Å²) in [5, 5.41) is 18.8. The molecule has 2 aliphatic carbocycles. The number of amides is 9. The van der Waals surface area contributed by atoms with Gasteiger partial charge in [-0.05, 0) is 158 Å². The maximum absolute atomic E-state index is 15.2. The molecule has 21 heteroatoms. The van der Waals surface area contributed by atoms with Gasteiger partial charge in [-0.1, -0.05) is 103 Å². The van der Waals surface area contributed by atoms with Crippen LogP contribution in [0.2, 0.25) is 0 Å². The van der Waals surface area contributed by atoms with E-state index in [9.17, 15) is 33.6 Å². The number of likely N-dealkylation sites (tertiary alicyclic amines) is 2. The molecular formula is C69H98N10O11. The lowest BCUT2D eigenvalue weighted by Crippen LogP contribution is -2.60. The lowest BCUT2D eigenvalue weighted by molar-refractivity contribution is -0.144. The molecule has 10 atom stereocenters. The Balaban J connectivity index is 1.10. The highest BCUT2D eigenvalue weighted by molar-refractivity contribution is 6.01. The summed E-state index contributed by atoms with van der Waals surface area (Å²) < 4.78 is 11.1. The van der Waals surface area contributed by atoms with Crippen molar-refractivity contribution < 1.29 is 52.6 Å². The smallest absolute Gasteiger partial charge is 0.410 e. The zero-order chi connectivity index (χ0) is 66.5. The second kappa shape index (κ2) is 28.0. The molecule has 490 valence electrons. The Hall–Kier alpha value is -7.97. The summed E-state index contributed by atoms with van der Waals surface area (Å²) in [6.07, 6.45) is 3.66. The van der Waals surface area contributed by atoms with Crippen LogP contribution < -0.4 is 31.9 Å². The molecule has 7 rings (SSSR count). The molecule has 2 saturated heterocycles. The third kappa shape index (κ3) is 17.3. The molecule has 0 unspecified atom stereocenters. The minimum Gasteiger partial charge on any atom is -0.444 e. The summed E-state index contributed by atoms with van der Waals surface area (Å²) in [6.45, 7) is 28.9. The van der Waals surface area contributed by atoms with Crippen LogP contribution in [0.1, 0.15) is 191 Å². The minimum absolute atomic E-state index is 0.0288. The Morgan fingerprint density at radius 3 is 1.32 bits per heavy atom. The number of hydrogen-bond donors (Lipinski definition) is 6. The summed E-state index contributed by atoms with van der Waals surface area (Å²) >= 11 is 0. The molecule has 21 nitrogen and oxygen atoms in total. The largest absolute Gasteiger partial charge is 0.444 e. The van der Waals surface area contributed by atoms with Crippen molar-refractivity contribution in [3.63, 3.8) is 0 Å². The summed E-state index contributed by atoms with van der Waals surface area (Å²) in [5.41, 5.74) is 1.71. The number of nitrogens with zero attached hydrogens (tertiary/aromatic N) is 4. The van der Waals surface area contributed by atoms with E-state index in [0.717, 1.165) is 52.8 Å². The van der Waals surface area contributed by atoms with Crippen molar-refractivity contribution >= 4 is 53.5 Å². The standard InChI is InChI=1S/C69H98N10O11/c1-40(41(2)76(16)64(87)89-68(10,11)12)70-55(66(4,5)6)62(85)78-38-47(36-53(78)60(83)73-51-33-23-27-43-25-18-20-31-49(43)51)71-58(81)45-29-22-30-46(35-45)59(82)72-48-37-54(61(84)74-52-34-24-28-44-26-19-21-32-50(44)52)79(39-48)63(86)56(67(7,8)9)75-57(80)42(3)77(17)65(88)90-69(13,14)15/h18-22,25-26,29-32,35,41-42,47-48,51-56,70H,1,23-24,27-28,33-34,36-39H2,2-17H3,(H,71,81)(H,72,82)(H,73,83)(H,74,84)(H,75,80)/t41-,42-,47-,48-,51+,52+,53-,54-,55+,56+/m0/s1. The average Bonchev–Trinajstić information content (AvgIpc) is 1.67. The van der Waals surface area contributed by atoms with E-state index in [2.05, 4.69) is 44.5 Å². The van der Waals surface area contributed by atoms with Crippen molar-refractivity contribution in [3.8, 4) is 0 Å². The van der Waals surface area contributed by atoms with E-state index < -0.39 is 118 Å². The predicted octanol–water partition coefficient (Wildman–Crippen LogP) is 8.03. The first kappa shape index (κ1) is 69.5. The molecule has 2 aliphatic heterocycles. The predicted molar refractivity (Wildman–Crippen MR) is 344 cm³/mol. The number of carbonyl (C=O) groups excluding carboxylic acids is 9. The Labute approximate surface area is 531 Å². The van der Waals surface area contributed by atoms with Gasteiger partial charge in [-0.2, -0.15) is 0 Å². The minimum atomic E-state index is -1.18. The van der Waals surface area contributed by atoms with Crippen LogP contribution in [0.4, 0.5) is 9.59 Å². The van der Waals surface area contributed by atoms with Crippen molar-refractivity contribution in [2.75, 3.05) is 27.2 Å². The number of aryl methyl sites for hydroxylation is 2. The third-order valence-electron chi connectivity index (χ3n) is 17.5. The van der Waals surface area contributed by atoms with Crippen LogP contribution in [-0.2, 0) is 46.3 Å². The molecule has 4 aliphatic rings. The Morgan fingerprint density at radius 2 is 0.922 bits per heavy atom. The molecule has 6 N–H and O–H groups in total. The molecule has 3 aromatic rings. The molecule has 0 aromatic heterocycles. The Morgan fingerprint density at radius 1 is 0.533 bits per heavy atom. The quantitative estimate of drug-likeness (QED) is 0.0751. The maximum Gasteiger partial charge on any atom is 0.410 e. The Bertz CT molecular complexity index is 2990. The Kier molecular flexibility index (Phi) is 21.7. The molecule has 0 radical (unpaired) electrons. The van der Waals surface area contributed by atoms with Gasteiger partial charge in [-0.3, -0.25) is 38.5 Å². The van der Waals surface area contributed by atoms with Crippen molar-refractivity contribution in [2.45, 2.75) is 220 Å². The number of nitrogens with one attached hydrogen (secondary N) is 6. The molecule has 0 saturated carbocycles. The third-order valence-corrected chi connectivity index (χ3v) is 17.5. The van der Waals surface area contributed by atoms with E-state index in [1.807, 2.05) is 63.2 Å². The van der Waals surface area contributed by atoms with Gasteiger partial charge in [-0.15, -0.1) is 0 Å². The second-order valence-electron chi connectivity index (χ2n) is 29.0. The maximum atomic E-state index is 15.2. The number of carbonyl (C=O) groups is 9. The molecule has 0 bridgehead atoms. The normalized spacial score (nSPS) is 21.3. The monoisotopic (exact) mass is 1240 g/mol. The average molecular weight is 1240 g/mol. The molecule has 0 spiro atoms. The molecular weight excluding hydrogens is 1140 g/mol. The van der Waals surface area contributed by atoms with Gasteiger partial charge in [0.2, 0.25) is 29.5 Å². The number of fused-ring (bicyclic) bond motifs is 2. The van der Waals surface area contributed by atoms with Crippen LogP contribution in [0.3, 0.4) is 0 Å². The van der Waals surface area contributed by atoms with Crippen LogP contribution >= 0.6 is 0 Å². The van der Waals surface area contributed by atoms with Gasteiger partial charge < -0.3 is 56.1 Å². The fraction of sp³-hybridized carbons (Fsp3) is 0.580. The zero-order valence-corrected chi connectivity index (χ0v) is 55.8. The first-order chi connectivity index (χ1) is 41.9. The van der Waals surface area contributed by atoms with E-state index in [0.29, 0.717) is 18.5 Å². The van der Waals surface area contributed by atoms with Gasteiger partial charge in [-0.25, -0.2) is 9.59 Å². The highest BCUT2D eigenvalue weighted by Crippen LogP contribution is 2.35. The van der Waals surface area contributed by atoms with Crippen LogP contribution in [0.15, 0.2) is 85.1 Å². The van der Waals surface area contributed by atoms with Gasteiger partial charge in [0, 0.05) is 56.1 Å². The summed E-state index contributed by atoms with van der Waals surface area (Å²) in [7, 11) is 3.03. The fourth-order valence-electron chi connectivity index (χ4n) is 12.1. The fourth-order valence-corrected chi connectivity index (χ4v) is 12.1.